The molecule has 0 aliphatic heterocycles. The first-order chi connectivity index (χ1) is 6.54. The van der Waals surface area contributed by atoms with Crippen LogP contribution in [-0.4, -0.2) is 22.4 Å². The lowest BCUT2D eigenvalue weighted by molar-refractivity contribution is 0.263. The Hall–Kier alpha value is -1.42. The summed E-state index contributed by atoms with van der Waals surface area (Å²) in [4.78, 5) is 0. The summed E-state index contributed by atoms with van der Waals surface area (Å²) in [5, 5.41) is 28.4. The Kier molecular flexibility index (Phi) is 2.86. The number of aromatic hydroxyl groups is 2. The second-order valence-electron chi connectivity index (χ2n) is 3.12. The molecule has 0 heterocycles. The van der Waals surface area contributed by atoms with E-state index in [0.717, 1.165) is 0 Å². The molecule has 0 bridgehead atoms. The van der Waals surface area contributed by atoms with Gasteiger partial charge in [-0.25, -0.2) is 0 Å². The molecule has 0 aliphatic rings. The topological polar surface area (TPSA) is 69.9 Å². The number of aliphatic hydroxyl groups is 1. The van der Waals surface area contributed by atoms with Gasteiger partial charge in [-0.1, -0.05) is 0 Å². The quantitative estimate of drug-likeness (QED) is 0.625. The van der Waals surface area contributed by atoms with Crippen LogP contribution < -0.4 is 4.74 Å². The molecule has 1 aromatic rings. The number of phenols is 2. The van der Waals surface area contributed by atoms with E-state index in [0.29, 0.717) is 11.1 Å². The highest BCUT2D eigenvalue weighted by Gasteiger charge is 2.18. The summed E-state index contributed by atoms with van der Waals surface area (Å²) in [5.74, 6) is 0.0691. The predicted molar refractivity (Wildman–Crippen MR) is 51.7 cm³/mol. The van der Waals surface area contributed by atoms with Crippen LogP contribution >= 0.6 is 0 Å². The molecule has 0 aliphatic carbocycles. The van der Waals surface area contributed by atoms with E-state index in [1.54, 1.807) is 13.8 Å². The van der Waals surface area contributed by atoms with Gasteiger partial charge in [-0.15, -0.1) is 0 Å². The van der Waals surface area contributed by atoms with Crippen molar-refractivity contribution >= 4 is 0 Å². The smallest absolute Gasteiger partial charge is 0.169 e. The summed E-state index contributed by atoms with van der Waals surface area (Å²) < 4.78 is 4.91. The molecule has 0 unspecified atom stereocenters. The third-order valence-corrected chi connectivity index (χ3v) is 2.41. The van der Waals surface area contributed by atoms with Gasteiger partial charge in [-0.3, -0.25) is 0 Å². The highest BCUT2D eigenvalue weighted by Crippen LogP contribution is 2.41. The molecule has 0 spiro atoms. The number of rotatable bonds is 2. The first kappa shape index (κ1) is 10.7. The Morgan fingerprint density at radius 1 is 1.07 bits per heavy atom. The molecule has 78 valence electrons. The van der Waals surface area contributed by atoms with Crippen molar-refractivity contribution in [1.82, 2.24) is 0 Å². The van der Waals surface area contributed by atoms with Gasteiger partial charge >= 0.3 is 0 Å². The van der Waals surface area contributed by atoms with Crippen molar-refractivity contribution in [1.29, 1.82) is 0 Å². The molecule has 4 nitrogen and oxygen atoms in total. The maximum absolute atomic E-state index is 9.67. The molecule has 0 amide bonds. The van der Waals surface area contributed by atoms with E-state index in [4.69, 9.17) is 9.84 Å². The highest BCUT2D eigenvalue weighted by atomic mass is 16.5. The second-order valence-corrected chi connectivity index (χ2v) is 3.12. The Bertz CT molecular complexity index is 323. The average Bonchev–Trinajstić information content (AvgIpc) is 2.20. The molecule has 0 saturated heterocycles. The molecule has 4 heteroatoms. The number of methoxy groups -OCH3 is 1. The van der Waals surface area contributed by atoms with Crippen molar-refractivity contribution in [2.24, 2.45) is 0 Å². The lowest BCUT2D eigenvalue weighted by Crippen LogP contribution is -1.97. The van der Waals surface area contributed by atoms with Gasteiger partial charge in [0.05, 0.1) is 19.3 Å². The predicted octanol–water partition coefficient (Wildman–Crippen LogP) is 1.22. The van der Waals surface area contributed by atoms with E-state index in [1.807, 2.05) is 0 Å². The van der Waals surface area contributed by atoms with Crippen molar-refractivity contribution in [3.63, 3.8) is 0 Å². The van der Waals surface area contributed by atoms with E-state index >= 15 is 0 Å². The van der Waals surface area contributed by atoms with Gasteiger partial charge in [0, 0.05) is 5.56 Å². The maximum atomic E-state index is 9.67. The van der Waals surface area contributed by atoms with Gasteiger partial charge in [0.1, 0.15) is 5.75 Å². The SMILES string of the molecule is COc1c(O)c(C)c(C)c(O)c1CO. The largest absolute Gasteiger partial charge is 0.507 e. The number of ether oxygens (including phenoxy) is 1. The molecular weight excluding hydrogens is 184 g/mol. The Morgan fingerprint density at radius 3 is 2.00 bits per heavy atom. The minimum Gasteiger partial charge on any atom is -0.507 e. The minimum absolute atomic E-state index is 0.0281. The molecule has 1 rings (SSSR count). The fourth-order valence-corrected chi connectivity index (χ4v) is 1.37. The molecule has 0 atom stereocenters. The van der Waals surface area contributed by atoms with Crippen LogP contribution in [0.3, 0.4) is 0 Å². The van der Waals surface area contributed by atoms with Gasteiger partial charge in [0.25, 0.3) is 0 Å². The number of benzene rings is 1. The molecule has 14 heavy (non-hydrogen) atoms. The summed E-state index contributed by atoms with van der Waals surface area (Å²) in [6.07, 6.45) is 0. The van der Waals surface area contributed by atoms with E-state index < -0.39 is 0 Å². The van der Waals surface area contributed by atoms with E-state index in [1.165, 1.54) is 7.11 Å². The van der Waals surface area contributed by atoms with Crippen molar-refractivity contribution < 1.29 is 20.1 Å². The summed E-state index contributed by atoms with van der Waals surface area (Å²) >= 11 is 0. The number of phenolic OH excluding ortho intramolecular Hbond substituents is 1. The lowest BCUT2D eigenvalue weighted by Gasteiger charge is -2.15. The van der Waals surface area contributed by atoms with Gasteiger partial charge in [0.2, 0.25) is 0 Å². The van der Waals surface area contributed by atoms with Gasteiger partial charge in [0.15, 0.2) is 11.5 Å². The van der Waals surface area contributed by atoms with E-state index in [9.17, 15) is 10.2 Å². The lowest BCUT2D eigenvalue weighted by atomic mass is 10.0. The zero-order valence-electron chi connectivity index (χ0n) is 8.46. The van der Waals surface area contributed by atoms with Crippen LogP contribution in [0.15, 0.2) is 0 Å². The van der Waals surface area contributed by atoms with E-state index in [2.05, 4.69) is 0 Å². The van der Waals surface area contributed by atoms with Crippen LogP contribution in [0.1, 0.15) is 16.7 Å². The van der Waals surface area contributed by atoms with Crippen LogP contribution in [0.5, 0.6) is 17.2 Å². The first-order valence-electron chi connectivity index (χ1n) is 4.23. The molecule has 0 fully saturated rings. The van der Waals surface area contributed by atoms with Crippen molar-refractivity contribution in [2.75, 3.05) is 7.11 Å². The zero-order valence-corrected chi connectivity index (χ0v) is 8.46. The van der Waals surface area contributed by atoms with Gasteiger partial charge < -0.3 is 20.1 Å². The Balaban J connectivity index is 3.57. The van der Waals surface area contributed by atoms with Crippen molar-refractivity contribution in [3.05, 3.63) is 16.7 Å². The summed E-state index contributed by atoms with van der Waals surface area (Å²) in [6, 6.07) is 0. The second kappa shape index (κ2) is 3.75. The van der Waals surface area contributed by atoms with Crippen molar-refractivity contribution in [2.45, 2.75) is 20.5 Å². The van der Waals surface area contributed by atoms with Gasteiger partial charge in [-0.2, -0.15) is 0 Å². The number of aliphatic hydroxyl groups excluding tert-OH is 1. The number of hydrogen-bond donors (Lipinski definition) is 3. The average molecular weight is 198 g/mol. The van der Waals surface area contributed by atoms with Crippen LogP contribution in [0.25, 0.3) is 0 Å². The Labute approximate surface area is 82.4 Å². The Morgan fingerprint density at radius 2 is 1.57 bits per heavy atom. The van der Waals surface area contributed by atoms with Crippen LogP contribution in [-0.2, 0) is 6.61 Å². The molecule has 0 radical (unpaired) electrons. The first-order valence-corrected chi connectivity index (χ1v) is 4.23. The normalized spacial score (nSPS) is 10.3. The minimum atomic E-state index is -0.371. The molecule has 3 N–H and O–H groups in total. The summed E-state index contributed by atoms with van der Waals surface area (Å²) in [7, 11) is 1.38. The van der Waals surface area contributed by atoms with Crippen molar-refractivity contribution in [3.8, 4) is 17.2 Å². The molecule has 0 saturated carbocycles. The third kappa shape index (κ3) is 1.37. The highest BCUT2D eigenvalue weighted by molar-refractivity contribution is 5.60. The molecule has 1 aromatic carbocycles. The van der Waals surface area contributed by atoms with Crippen LogP contribution in [0.2, 0.25) is 0 Å². The van der Waals surface area contributed by atoms with Crippen LogP contribution in [0, 0.1) is 13.8 Å². The van der Waals surface area contributed by atoms with Crippen LogP contribution in [0.4, 0.5) is 0 Å². The standard InChI is InChI=1S/C10H14O4/c1-5-6(2)9(13)10(14-3)7(4-11)8(5)12/h11-13H,4H2,1-3H3. The molecular formula is C10H14O4. The fourth-order valence-electron chi connectivity index (χ4n) is 1.37. The fraction of sp³-hybridized carbons (Fsp3) is 0.400. The summed E-state index contributed by atoms with van der Waals surface area (Å²) in [6.45, 7) is 2.97. The maximum Gasteiger partial charge on any atom is 0.169 e. The molecule has 0 aromatic heterocycles. The van der Waals surface area contributed by atoms with Gasteiger partial charge in [-0.05, 0) is 19.4 Å². The van der Waals surface area contributed by atoms with E-state index in [-0.39, 0.29) is 29.4 Å². The zero-order chi connectivity index (χ0) is 10.9. The monoisotopic (exact) mass is 198 g/mol. The summed E-state index contributed by atoms with van der Waals surface area (Å²) in [5.41, 5.74) is 1.32. The third-order valence-electron chi connectivity index (χ3n) is 2.41. The number of hydrogen-bond acceptors (Lipinski definition) is 4.